The van der Waals surface area contributed by atoms with Gasteiger partial charge in [-0.1, -0.05) is 58.0 Å². The maximum Gasteiger partial charge on any atom is 0.265 e. The number of nitrogens with zero attached hydrogens (tertiary/aromatic N) is 5. The number of amides is 4. The third-order valence-corrected chi connectivity index (χ3v) is 18.4. The van der Waals surface area contributed by atoms with Crippen LogP contribution in [0.4, 0.5) is 5.69 Å². The van der Waals surface area contributed by atoms with Gasteiger partial charge in [-0.3, -0.25) is 24.1 Å². The molecule has 0 radical (unpaired) electrons. The largest absolute Gasteiger partial charge is 0.392 e. The first-order chi connectivity index (χ1) is 22.5. The Kier molecular flexibility index (Phi) is 5.99. The molecule has 8 aliphatic rings. The van der Waals surface area contributed by atoms with E-state index < -0.39 is 44.4 Å². The lowest BCUT2D eigenvalue weighted by Crippen LogP contribution is -2.77. The first-order valence-corrected chi connectivity index (χ1v) is 19.4. The minimum absolute atomic E-state index is 0.203. The number of carbonyl (C=O) groups excluding carboxylic acids is 4. The molecule has 1 aromatic heterocycles. The van der Waals surface area contributed by atoms with Gasteiger partial charge in [0.15, 0.2) is 9.74 Å². The van der Waals surface area contributed by atoms with Crippen LogP contribution >= 0.6 is 43.2 Å². The SMILES string of the molecule is CN1C(=O)[C@@]2(CO)SS[C@@]1(Cc1cn([C@]34C[C@@]56SS[C@](CO)(C(=O)N5[C@H]3Nc3ccccc34)N(C)C6=O)c3ccccc13)C(=O)N2C. The Morgan fingerprint density at radius 2 is 1.36 bits per heavy atom. The molecule has 1 spiro atoms. The van der Waals surface area contributed by atoms with Crippen LogP contribution in [0.1, 0.15) is 17.5 Å². The van der Waals surface area contributed by atoms with Crippen molar-refractivity contribution in [3.05, 3.63) is 65.9 Å². The lowest BCUT2D eigenvalue weighted by atomic mass is 9.86. The number of hydrogen-bond donors (Lipinski definition) is 3. The summed E-state index contributed by atoms with van der Waals surface area (Å²) < 4.78 is 2.16. The third kappa shape index (κ3) is 3.12. The van der Waals surface area contributed by atoms with E-state index in [2.05, 4.69) is 9.88 Å². The van der Waals surface area contributed by atoms with Gasteiger partial charge in [0, 0.05) is 62.3 Å². The Morgan fingerprint density at radius 1 is 0.766 bits per heavy atom. The standard InChI is InChI=1S/C31H30N6O6S4/c1-33-25(42)30(15-38)34(2)23(40)28(33,44-46-30)12-17-13-36(21-11-7-4-8-18(17)21)27-14-29-24(41)35(3)31(16-39,47-45-29)26(43)37(29)22(27)32-20-10-6-5-9-19(20)27/h4-11,13,22,32,38-39H,12,14-16H2,1-3H3/t22-,27+,28+,29+,30-,31-/m1/s1. The minimum atomic E-state index is -1.43. The van der Waals surface area contributed by atoms with Crippen molar-refractivity contribution in [1.82, 2.24) is 24.2 Å². The van der Waals surface area contributed by atoms with Crippen LogP contribution in [0.3, 0.4) is 0 Å². The Balaban J connectivity index is 1.25. The van der Waals surface area contributed by atoms with Crippen molar-refractivity contribution in [3.63, 3.8) is 0 Å². The Hall–Kier alpha value is -3.02. The van der Waals surface area contributed by atoms with E-state index in [1.54, 1.807) is 26.0 Å². The van der Waals surface area contributed by atoms with Gasteiger partial charge in [-0.15, -0.1) is 0 Å². The van der Waals surface area contributed by atoms with Crippen molar-refractivity contribution in [2.75, 3.05) is 39.7 Å². The Bertz CT molecular complexity index is 1980. The molecule has 0 unspecified atom stereocenters. The van der Waals surface area contributed by atoms with Gasteiger partial charge in [0.1, 0.15) is 11.7 Å². The second-order valence-electron chi connectivity index (χ2n) is 13.0. The molecule has 3 N–H and O–H groups in total. The van der Waals surface area contributed by atoms with Crippen LogP contribution < -0.4 is 5.32 Å². The van der Waals surface area contributed by atoms with Crippen molar-refractivity contribution in [2.45, 2.75) is 44.0 Å². The van der Waals surface area contributed by atoms with Crippen molar-refractivity contribution < 1.29 is 29.4 Å². The first kappa shape index (κ1) is 30.1. The molecule has 2 aromatic carbocycles. The molecular weight excluding hydrogens is 681 g/mol. The summed E-state index contributed by atoms with van der Waals surface area (Å²) in [5.41, 5.74) is 2.55. The first-order valence-electron chi connectivity index (χ1n) is 15.1. The number of fused-ring (bicyclic) bond motifs is 9. The number of nitrogens with one attached hydrogen (secondary N) is 1. The second-order valence-corrected chi connectivity index (χ2v) is 18.3. The molecule has 3 aromatic rings. The van der Waals surface area contributed by atoms with E-state index in [-0.39, 0.29) is 36.5 Å². The number of aliphatic hydroxyl groups excluding tert-OH is 2. The van der Waals surface area contributed by atoms with Gasteiger partial charge >= 0.3 is 0 Å². The molecule has 6 atom stereocenters. The molecule has 7 fully saturated rings. The molecule has 47 heavy (non-hydrogen) atoms. The zero-order valence-corrected chi connectivity index (χ0v) is 28.8. The summed E-state index contributed by atoms with van der Waals surface area (Å²) in [7, 11) is 9.90. The van der Waals surface area contributed by atoms with E-state index in [0.29, 0.717) is 0 Å². The summed E-state index contributed by atoms with van der Waals surface area (Å²) in [6, 6.07) is 15.8. The maximum atomic E-state index is 14.4. The number of aliphatic hydroxyl groups is 2. The molecule has 8 aliphatic heterocycles. The van der Waals surface area contributed by atoms with Crippen molar-refractivity contribution in [1.29, 1.82) is 0 Å². The van der Waals surface area contributed by atoms with Crippen LogP contribution in [0.25, 0.3) is 10.9 Å². The van der Waals surface area contributed by atoms with E-state index in [0.717, 1.165) is 27.7 Å². The van der Waals surface area contributed by atoms with Gasteiger partial charge in [-0.2, -0.15) is 0 Å². The lowest BCUT2D eigenvalue weighted by molar-refractivity contribution is -0.166. The summed E-state index contributed by atoms with van der Waals surface area (Å²) >= 11 is 0. The summed E-state index contributed by atoms with van der Waals surface area (Å²) in [4.78, 5) is 57.1. The third-order valence-electron chi connectivity index (χ3n) is 11.1. The summed E-state index contributed by atoms with van der Waals surface area (Å²) in [6.07, 6.45) is 1.85. The number of para-hydroxylation sites is 2. The van der Waals surface area contributed by atoms with Crippen LogP contribution in [-0.4, -0.2) is 118 Å². The number of piperazine rings is 2. The highest BCUT2D eigenvalue weighted by Gasteiger charge is 2.78. The van der Waals surface area contributed by atoms with E-state index in [9.17, 15) is 29.4 Å². The predicted octanol–water partition coefficient (Wildman–Crippen LogP) is 1.87. The average Bonchev–Trinajstić information content (AvgIpc) is 3.71. The molecule has 0 saturated carbocycles. The molecule has 7 saturated heterocycles. The predicted molar refractivity (Wildman–Crippen MR) is 182 cm³/mol. The monoisotopic (exact) mass is 710 g/mol. The summed E-state index contributed by atoms with van der Waals surface area (Å²) in [5, 5.41) is 25.2. The second kappa shape index (κ2) is 9.36. The number of carbonyl (C=O) groups is 4. The van der Waals surface area contributed by atoms with Gasteiger partial charge in [-0.05, 0) is 39.3 Å². The van der Waals surface area contributed by atoms with Gasteiger partial charge in [0.05, 0.1) is 13.2 Å². The van der Waals surface area contributed by atoms with Gasteiger partial charge in [0.2, 0.25) is 9.74 Å². The Labute approximate surface area is 285 Å². The molecule has 9 heterocycles. The molecular formula is C31H30N6O6S4. The fourth-order valence-corrected chi connectivity index (χ4v) is 15.7. The zero-order valence-electron chi connectivity index (χ0n) is 25.5. The molecule has 4 bridgehead atoms. The van der Waals surface area contributed by atoms with Crippen molar-refractivity contribution in [2.24, 2.45) is 0 Å². The van der Waals surface area contributed by atoms with Crippen molar-refractivity contribution in [3.8, 4) is 0 Å². The zero-order chi connectivity index (χ0) is 32.9. The highest BCUT2D eigenvalue weighted by Crippen LogP contribution is 2.69. The van der Waals surface area contributed by atoms with E-state index in [1.807, 2.05) is 54.7 Å². The summed E-state index contributed by atoms with van der Waals surface area (Å²) in [6.45, 7) is -0.994. The average molecular weight is 711 g/mol. The highest BCUT2D eigenvalue weighted by molar-refractivity contribution is 8.78. The minimum Gasteiger partial charge on any atom is -0.392 e. The van der Waals surface area contributed by atoms with Gasteiger partial charge in [0.25, 0.3) is 23.6 Å². The topological polar surface area (TPSA) is 139 Å². The lowest BCUT2D eigenvalue weighted by Gasteiger charge is -2.58. The molecule has 4 amide bonds. The van der Waals surface area contributed by atoms with Gasteiger partial charge in [-0.25, -0.2) is 0 Å². The van der Waals surface area contributed by atoms with Crippen LogP contribution in [0.2, 0.25) is 0 Å². The molecule has 12 nitrogen and oxygen atoms in total. The normalized spacial score (nSPS) is 36.8. The Morgan fingerprint density at radius 3 is 2.13 bits per heavy atom. The smallest absolute Gasteiger partial charge is 0.265 e. The number of aromatic nitrogens is 1. The van der Waals surface area contributed by atoms with E-state index >= 15 is 0 Å². The van der Waals surface area contributed by atoms with Crippen LogP contribution in [-0.2, 0) is 31.1 Å². The van der Waals surface area contributed by atoms with E-state index in [1.165, 1.54) is 57.9 Å². The number of rotatable bonds is 5. The van der Waals surface area contributed by atoms with E-state index in [4.69, 9.17) is 0 Å². The highest BCUT2D eigenvalue weighted by atomic mass is 33.1. The van der Waals surface area contributed by atoms with Gasteiger partial charge < -0.3 is 34.8 Å². The molecule has 244 valence electrons. The van der Waals surface area contributed by atoms with Crippen LogP contribution in [0, 0.1) is 0 Å². The summed E-state index contributed by atoms with van der Waals surface area (Å²) in [5.74, 6) is -1.11. The van der Waals surface area contributed by atoms with Crippen LogP contribution in [0.5, 0.6) is 0 Å². The number of benzene rings is 2. The van der Waals surface area contributed by atoms with Crippen LogP contribution in [0.15, 0.2) is 54.7 Å². The number of likely N-dealkylation sites (N-methyl/N-ethyl adjacent to an activating group) is 3. The fourth-order valence-electron chi connectivity index (χ4n) is 8.49. The fraction of sp³-hybridized carbons (Fsp3) is 0.419. The number of hydrogen-bond acceptors (Lipinski definition) is 11. The number of anilines is 1. The quantitative estimate of drug-likeness (QED) is 0.335. The molecule has 11 rings (SSSR count). The van der Waals surface area contributed by atoms with Crippen molar-refractivity contribution >= 4 is 83.4 Å². The maximum absolute atomic E-state index is 14.4. The molecule has 0 aliphatic carbocycles. The molecule has 16 heteroatoms.